The molecule has 11 heteroatoms. The number of alkyl halides is 7. The first kappa shape index (κ1) is 22.4. The molecule has 0 spiro atoms. The molecule has 24 heavy (non-hydrogen) atoms. The van der Waals surface area contributed by atoms with Gasteiger partial charge in [0.2, 0.25) is 0 Å². The van der Waals surface area contributed by atoms with E-state index in [9.17, 15) is 40.3 Å². The highest BCUT2D eigenvalue weighted by atomic mass is 19.4. The van der Waals surface area contributed by atoms with Crippen LogP contribution in [0.3, 0.4) is 0 Å². The molecule has 2 atom stereocenters. The van der Waals surface area contributed by atoms with E-state index in [0.29, 0.717) is 6.42 Å². The predicted octanol–water partition coefficient (Wildman–Crippen LogP) is 3.30. The first-order chi connectivity index (χ1) is 10.7. The van der Waals surface area contributed by atoms with Crippen molar-refractivity contribution in [1.29, 1.82) is 0 Å². The third kappa shape index (κ3) is 4.73. The first-order valence-corrected chi connectivity index (χ1v) is 7.03. The summed E-state index contributed by atoms with van der Waals surface area (Å²) in [6.07, 6.45) is -6.13. The number of carbonyl (C=O) groups excluding carboxylic acids is 2. The van der Waals surface area contributed by atoms with E-state index < -0.39 is 41.9 Å². The summed E-state index contributed by atoms with van der Waals surface area (Å²) in [7, 11) is 0. The molecule has 0 radical (unpaired) electrons. The monoisotopic (exact) mass is 369 g/mol. The number of hydrogen-bond donors (Lipinski definition) is 1. The Bertz CT molecular complexity index is 451. The minimum absolute atomic E-state index is 0.128. The predicted molar refractivity (Wildman–Crippen MR) is 68.6 cm³/mol. The number of rotatable bonds is 8. The second kappa shape index (κ2) is 8.02. The molecular weight excluding hydrogens is 351 g/mol. The Morgan fingerprint density at radius 1 is 1.04 bits per heavy atom. The molecule has 0 aliphatic heterocycles. The number of halogens is 7. The van der Waals surface area contributed by atoms with E-state index in [1.54, 1.807) is 6.92 Å². The lowest BCUT2D eigenvalue weighted by molar-refractivity contribution is -0.344. The molecule has 0 heterocycles. The maximum absolute atomic E-state index is 13.3. The Hall–Kier alpha value is -1.55. The summed E-state index contributed by atoms with van der Waals surface area (Å²) in [6.45, 7) is 4.30. The van der Waals surface area contributed by atoms with Crippen molar-refractivity contribution in [2.75, 3.05) is 6.61 Å². The van der Waals surface area contributed by atoms with Gasteiger partial charge in [-0.15, -0.1) is 0 Å². The molecule has 0 saturated heterocycles. The molecule has 0 aliphatic rings. The van der Waals surface area contributed by atoms with Crippen LogP contribution in [0, 0.1) is 5.92 Å². The summed E-state index contributed by atoms with van der Waals surface area (Å²) in [5.74, 6) is -17.6. The summed E-state index contributed by atoms with van der Waals surface area (Å²) in [5.41, 5.74) is 0. The minimum atomic E-state index is -6.64. The standard InChI is InChI=1S/C13H18F7NO3/c1-4-6-24-9(22)8(7(3)5-2)21-10(23)11(14,15)12(16,17)13(18,19)20/h7-8H,4-6H2,1-3H3,(H,21,23). The van der Waals surface area contributed by atoms with Crippen molar-refractivity contribution in [3.05, 3.63) is 0 Å². The van der Waals surface area contributed by atoms with Crippen LogP contribution in [0.2, 0.25) is 0 Å². The highest BCUT2D eigenvalue weighted by Crippen LogP contribution is 2.46. The van der Waals surface area contributed by atoms with Gasteiger partial charge in [-0.25, -0.2) is 4.79 Å². The molecule has 1 N–H and O–H groups in total. The fourth-order valence-electron chi connectivity index (χ4n) is 1.51. The summed E-state index contributed by atoms with van der Waals surface area (Å²) in [5, 5.41) is 1.25. The summed E-state index contributed by atoms with van der Waals surface area (Å²) < 4.78 is 93.1. The lowest BCUT2D eigenvalue weighted by Crippen LogP contribution is -2.62. The van der Waals surface area contributed by atoms with Crippen LogP contribution in [0.1, 0.15) is 33.6 Å². The largest absolute Gasteiger partial charge is 0.464 e. The van der Waals surface area contributed by atoms with Gasteiger partial charge in [0, 0.05) is 0 Å². The minimum Gasteiger partial charge on any atom is -0.464 e. The van der Waals surface area contributed by atoms with Crippen LogP contribution in [-0.4, -0.2) is 42.5 Å². The Balaban J connectivity index is 5.41. The number of carbonyl (C=O) groups is 2. The van der Waals surface area contributed by atoms with Gasteiger partial charge in [0.05, 0.1) is 6.61 Å². The van der Waals surface area contributed by atoms with Crippen molar-refractivity contribution in [3.63, 3.8) is 0 Å². The number of nitrogens with one attached hydrogen (secondary N) is 1. The van der Waals surface area contributed by atoms with Crippen molar-refractivity contribution in [2.45, 2.75) is 57.7 Å². The zero-order valence-electron chi connectivity index (χ0n) is 13.1. The second-order valence-electron chi connectivity index (χ2n) is 5.15. The van der Waals surface area contributed by atoms with E-state index >= 15 is 0 Å². The topological polar surface area (TPSA) is 55.4 Å². The van der Waals surface area contributed by atoms with Crippen LogP contribution in [0.25, 0.3) is 0 Å². The molecule has 142 valence electrons. The van der Waals surface area contributed by atoms with E-state index in [1.807, 2.05) is 0 Å². The van der Waals surface area contributed by atoms with Gasteiger partial charge in [0.1, 0.15) is 6.04 Å². The Labute approximate surface area is 133 Å². The van der Waals surface area contributed by atoms with Crippen molar-refractivity contribution in [1.82, 2.24) is 5.32 Å². The average Bonchev–Trinajstić information content (AvgIpc) is 2.47. The van der Waals surface area contributed by atoms with Crippen molar-refractivity contribution in [2.24, 2.45) is 5.92 Å². The summed E-state index contributed by atoms with van der Waals surface area (Å²) in [4.78, 5) is 23.0. The van der Waals surface area contributed by atoms with E-state index in [-0.39, 0.29) is 13.0 Å². The van der Waals surface area contributed by atoms with Gasteiger partial charge in [-0.1, -0.05) is 27.2 Å². The summed E-state index contributed by atoms with van der Waals surface area (Å²) >= 11 is 0. The van der Waals surface area contributed by atoms with Crippen LogP contribution in [0.4, 0.5) is 30.7 Å². The van der Waals surface area contributed by atoms with Crippen LogP contribution in [-0.2, 0) is 14.3 Å². The molecular formula is C13H18F7NO3. The number of ether oxygens (including phenoxy) is 1. The summed E-state index contributed by atoms with van der Waals surface area (Å²) in [6, 6.07) is -1.77. The third-order valence-electron chi connectivity index (χ3n) is 3.24. The van der Waals surface area contributed by atoms with Crippen molar-refractivity contribution in [3.8, 4) is 0 Å². The van der Waals surface area contributed by atoms with Crippen LogP contribution >= 0.6 is 0 Å². The zero-order chi connectivity index (χ0) is 19.3. The molecule has 0 bridgehead atoms. The van der Waals surface area contributed by atoms with Gasteiger partial charge in [-0.2, -0.15) is 30.7 Å². The maximum atomic E-state index is 13.3. The van der Waals surface area contributed by atoms with Gasteiger partial charge >= 0.3 is 24.0 Å². The average molecular weight is 369 g/mol. The van der Waals surface area contributed by atoms with E-state index in [0.717, 1.165) is 0 Å². The fourth-order valence-corrected chi connectivity index (χ4v) is 1.51. The van der Waals surface area contributed by atoms with Gasteiger partial charge in [-0.05, 0) is 12.3 Å². The van der Waals surface area contributed by atoms with Crippen LogP contribution in [0.15, 0.2) is 0 Å². The number of hydrogen-bond acceptors (Lipinski definition) is 3. The Morgan fingerprint density at radius 2 is 1.54 bits per heavy atom. The van der Waals surface area contributed by atoms with Gasteiger partial charge < -0.3 is 10.1 Å². The molecule has 2 unspecified atom stereocenters. The highest BCUT2D eigenvalue weighted by Gasteiger charge is 2.76. The lowest BCUT2D eigenvalue weighted by atomic mass is 9.98. The van der Waals surface area contributed by atoms with Crippen LogP contribution in [0.5, 0.6) is 0 Å². The van der Waals surface area contributed by atoms with E-state index in [4.69, 9.17) is 0 Å². The SMILES string of the molecule is CCCOC(=O)C(NC(=O)C(F)(F)C(F)(F)C(F)(F)F)C(C)CC. The first-order valence-electron chi connectivity index (χ1n) is 7.03. The normalized spacial score (nSPS) is 15.6. The molecule has 4 nitrogen and oxygen atoms in total. The molecule has 1 amide bonds. The quantitative estimate of drug-likeness (QED) is 0.528. The zero-order valence-corrected chi connectivity index (χ0v) is 13.1. The van der Waals surface area contributed by atoms with Crippen LogP contribution < -0.4 is 5.32 Å². The van der Waals surface area contributed by atoms with Gasteiger partial charge in [0.15, 0.2) is 0 Å². The van der Waals surface area contributed by atoms with Crippen molar-refractivity contribution < 1.29 is 45.1 Å². The van der Waals surface area contributed by atoms with Gasteiger partial charge in [-0.3, -0.25) is 4.79 Å². The Morgan fingerprint density at radius 3 is 1.92 bits per heavy atom. The molecule has 0 saturated carbocycles. The molecule has 0 rings (SSSR count). The highest BCUT2D eigenvalue weighted by molar-refractivity contribution is 5.89. The van der Waals surface area contributed by atoms with E-state index in [2.05, 4.69) is 4.74 Å². The lowest BCUT2D eigenvalue weighted by Gasteiger charge is -2.29. The van der Waals surface area contributed by atoms with Crippen molar-refractivity contribution >= 4 is 11.9 Å². The molecule has 0 aromatic heterocycles. The smallest absolute Gasteiger partial charge is 0.460 e. The fraction of sp³-hybridized carbons (Fsp3) is 0.846. The molecule has 0 fully saturated rings. The maximum Gasteiger partial charge on any atom is 0.460 e. The van der Waals surface area contributed by atoms with Gasteiger partial charge in [0.25, 0.3) is 5.91 Å². The number of esters is 1. The second-order valence-corrected chi connectivity index (χ2v) is 5.15. The van der Waals surface area contributed by atoms with E-state index in [1.165, 1.54) is 19.2 Å². The molecule has 0 aromatic rings. The third-order valence-corrected chi connectivity index (χ3v) is 3.24. The number of amides is 1. The molecule has 0 aliphatic carbocycles. The molecule has 0 aromatic carbocycles. The Kier molecular flexibility index (Phi) is 7.50.